The molecule has 1 atom stereocenters. The first kappa shape index (κ1) is 35.7. The lowest BCUT2D eigenvalue weighted by atomic mass is 10.0. The molecule has 0 saturated carbocycles. The molecule has 0 unspecified atom stereocenters. The van der Waals surface area contributed by atoms with Gasteiger partial charge in [-0.1, -0.05) is 89.4 Å². The van der Waals surface area contributed by atoms with Gasteiger partial charge >= 0.3 is 0 Å². The molecule has 0 aromatic heterocycles. The van der Waals surface area contributed by atoms with Crippen LogP contribution < -0.4 is 14.4 Å². The number of aryl methyl sites for hydroxylation is 1. The zero-order chi connectivity index (χ0) is 33.8. The highest BCUT2D eigenvalue weighted by Crippen LogP contribution is 2.27. The molecule has 0 radical (unpaired) electrons. The second-order valence-corrected chi connectivity index (χ2v) is 14.0. The Morgan fingerprint density at radius 1 is 0.872 bits per heavy atom. The summed E-state index contributed by atoms with van der Waals surface area (Å²) in [5.41, 5.74) is 2.96. The summed E-state index contributed by atoms with van der Waals surface area (Å²) >= 11 is 3.52. The Balaban J connectivity index is 1.78. The molecular formula is C37H42BrN3O5S. The third-order valence-corrected chi connectivity index (χ3v) is 9.95. The van der Waals surface area contributed by atoms with Crippen LogP contribution in [0.4, 0.5) is 5.69 Å². The van der Waals surface area contributed by atoms with Gasteiger partial charge in [-0.3, -0.25) is 13.9 Å². The molecule has 4 aromatic carbocycles. The maximum atomic E-state index is 14.6. The van der Waals surface area contributed by atoms with Gasteiger partial charge in [-0.25, -0.2) is 8.42 Å². The molecule has 0 aliphatic carbocycles. The number of unbranched alkanes of at least 4 members (excludes halogenated alkanes) is 1. The van der Waals surface area contributed by atoms with E-state index in [1.807, 2.05) is 75.4 Å². The van der Waals surface area contributed by atoms with Crippen LogP contribution in [0.2, 0.25) is 0 Å². The number of benzene rings is 4. The number of ether oxygens (including phenoxy) is 1. The number of hydrogen-bond acceptors (Lipinski definition) is 5. The number of halogens is 1. The average molecular weight is 721 g/mol. The van der Waals surface area contributed by atoms with Crippen LogP contribution >= 0.6 is 15.9 Å². The lowest BCUT2D eigenvalue weighted by Crippen LogP contribution is -2.53. The van der Waals surface area contributed by atoms with Crippen molar-refractivity contribution in [1.82, 2.24) is 10.2 Å². The Labute approximate surface area is 286 Å². The minimum atomic E-state index is -4.21. The summed E-state index contributed by atoms with van der Waals surface area (Å²) in [6.07, 6.45) is 1.96. The summed E-state index contributed by atoms with van der Waals surface area (Å²) in [4.78, 5) is 30.0. The number of hydrogen-bond donors (Lipinski definition) is 1. The molecule has 4 rings (SSSR count). The third kappa shape index (κ3) is 9.92. The van der Waals surface area contributed by atoms with Crippen LogP contribution in [-0.4, -0.2) is 50.9 Å². The van der Waals surface area contributed by atoms with Crippen molar-refractivity contribution < 1.29 is 22.7 Å². The number of nitrogens with zero attached hydrogens (tertiary/aromatic N) is 2. The molecule has 0 aliphatic heterocycles. The van der Waals surface area contributed by atoms with Crippen LogP contribution in [0.15, 0.2) is 112 Å². The summed E-state index contributed by atoms with van der Waals surface area (Å²) in [6.45, 7) is 6.31. The minimum absolute atomic E-state index is 0.0195. The summed E-state index contributed by atoms with van der Waals surface area (Å²) in [6, 6.07) is 29.3. The molecule has 8 nitrogen and oxygen atoms in total. The topological polar surface area (TPSA) is 96.0 Å². The van der Waals surface area contributed by atoms with Gasteiger partial charge < -0.3 is 15.0 Å². The average Bonchev–Trinajstić information content (AvgIpc) is 3.06. The summed E-state index contributed by atoms with van der Waals surface area (Å²) in [5.74, 6) is -0.254. The SMILES string of the molecule is CCCCNC(=O)[C@@H](Cc1ccccc1)N(Cc1cccc(Br)c1)C(=O)CN(c1ccc(C)cc1)S(=O)(=O)c1ccc(OCC)cc1. The zero-order valence-corrected chi connectivity index (χ0v) is 29.5. The van der Waals surface area contributed by atoms with E-state index in [0.717, 1.165) is 38.3 Å². The number of anilines is 1. The third-order valence-electron chi connectivity index (χ3n) is 7.67. The van der Waals surface area contributed by atoms with Crippen LogP contribution in [0.25, 0.3) is 0 Å². The molecule has 0 fully saturated rings. The van der Waals surface area contributed by atoms with E-state index in [1.165, 1.54) is 17.0 Å². The van der Waals surface area contributed by atoms with Crippen molar-refractivity contribution in [2.75, 3.05) is 24.0 Å². The number of amides is 2. The highest BCUT2D eigenvalue weighted by molar-refractivity contribution is 9.10. The Morgan fingerprint density at radius 2 is 1.55 bits per heavy atom. The molecule has 0 spiro atoms. The van der Waals surface area contributed by atoms with Crippen molar-refractivity contribution in [3.63, 3.8) is 0 Å². The maximum Gasteiger partial charge on any atom is 0.264 e. The second-order valence-electron chi connectivity index (χ2n) is 11.3. The Hall–Kier alpha value is -4.15. The highest BCUT2D eigenvalue weighted by atomic mass is 79.9. The fourth-order valence-corrected chi connectivity index (χ4v) is 6.99. The molecule has 0 aliphatic rings. The van der Waals surface area contributed by atoms with E-state index in [0.29, 0.717) is 24.6 Å². The quantitative estimate of drug-likeness (QED) is 0.127. The van der Waals surface area contributed by atoms with E-state index in [4.69, 9.17) is 4.74 Å². The first-order valence-corrected chi connectivity index (χ1v) is 18.0. The molecule has 0 saturated heterocycles. The molecule has 10 heteroatoms. The first-order valence-electron chi connectivity index (χ1n) is 15.8. The molecule has 0 heterocycles. The van der Waals surface area contributed by atoms with Crippen molar-refractivity contribution in [2.45, 2.75) is 57.5 Å². The fraction of sp³-hybridized carbons (Fsp3) is 0.297. The van der Waals surface area contributed by atoms with E-state index >= 15 is 0 Å². The predicted octanol–water partition coefficient (Wildman–Crippen LogP) is 6.91. The second kappa shape index (κ2) is 17.1. The monoisotopic (exact) mass is 719 g/mol. The Bertz CT molecular complexity index is 1720. The minimum Gasteiger partial charge on any atom is -0.494 e. The summed E-state index contributed by atoms with van der Waals surface area (Å²) in [5, 5.41) is 3.01. The number of rotatable bonds is 16. The van der Waals surface area contributed by atoms with Crippen molar-refractivity contribution in [3.8, 4) is 5.75 Å². The van der Waals surface area contributed by atoms with E-state index in [9.17, 15) is 18.0 Å². The number of nitrogens with one attached hydrogen (secondary N) is 1. The lowest BCUT2D eigenvalue weighted by Gasteiger charge is -2.34. The Kier molecular flexibility index (Phi) is 13.0. The van der Waals surface area contributed by atoms with Crippen LogP contribution in [0.1, 0.15) is 43.4 Å². The van der Waals surface area contributed by atoms with Gasteiger partial charge in [0, 0.05) is 24.0 Å². The molecule has 4 aromatic rings. The van der Waals surface area contributed by atoms with E-state index in [2.05, 4.69) is 21.2 Å². The van der Waals surface area contributed by atoms with Crippen LogP contribution in [-0.2, 0) is 32.6 Å². The van der Waals surface area contributed by atoms with E-state index < -0.39 is 28.5 Å². The van der Waals surface area contributed by atoms with Gasteiger partial charge in [0.15, 0.2) is 0 Å². The van der Waals surface area contributed by atoms with Crippen molar-refractivity contribution in [2.24, 2.45) is 0 Å². The van der Waals surface area contributed by atoms with Gasteiger partial charge in [0.2, 0.25) is 11.8 Å². The first-order chi connectivity index (χ1) is 22.6. The zero-order valence-electron chi connectivity index (χ0n) is 27.1. The standard InChI is InChI=1S/C37H42BrN3O5S/c1-4-6-23-39-37(43)35(25-29-11-8-7-9-12-29)40(26-30-13-10-14-31(38)24-30)36(42)27-41(32-17-15-28(3)16-18-32)47(44,45)34-21-19-33(20-22-34)46-5-2/h7-22,24,35H,4-6,23,25-27H2,1-3H3,(H,39,43)/t35-/m1/s1. The van der Waals surface area contributed by atoms with Crippen LogP contribution in [0.3, 0.4) is 0 Å². The Morgan fingerprint density at radius 3 is 2.19 bits per heavy atom. The van der Waals surface area contributed by atoms with Crippen molar-refractivity contribution in [1.29, 1.82) is 0 Å². The van der Waals surface area contributed by atoms with Gasteiger partial charge in [0.25, 0.3) is 10.0 Å². The molecular weight excluding hydrogens is 678 g/mol. The maximum absolute atomic E-state index is 14.6. The molecule has 1 N–H and O–H groups in total. The van der Waals surface area contributed by atoms with E-state index in [1.54, 1.807) is 36.4 Å². The van der Waals surface area contributed by atoms with E-state index in [-0.39, 0.29) is 23.8 Å². The van der Waals surface area contributed by atoms with Crippen LogP contribution in [0.5, 0.6) is 5.75 Å². The predicted molar refractivity (Wildman–Crippen MR) is 190 cm³/mol. The molecule has 47 heavy (non-hydrogen) atoms. The van der Waals surface area contributed by atoms with Crippen LogP contribution in [0, 0.1) is 6.92 Å². The molecule has 0 bridgehead atoms. The van der Waals surface area contributed by atoms with Gasteiger partial charge in [-0.2, -0.15) is 0 Å². The van der Waals surface area contributed by atoms with Gasteiger partial charge in [0.1, 0.15) is 18.3 Å². The number of sulfonamides is 1. The van der Waals surface area contributed by atoms with Gasteiger partial charge in [0.05, 0.1) is 17.2 Å². The molecule has 2 amide bonds. The molecule has 248 valence electrons. The van der Waals surface area contributed by atoms with Gasteiger partial charge in [-0.05, 0) is 79.9 Å². The van der Waals surface area contributed by atoms with Gasteiger partial charge in [-0.15, -0.1) is 0 Å². The number of carbonyl (C=O) groups excluding carboxylic acids is 2. The highest BCUT2D eigenvalue weighted by Gasteiger charge is 2.34. The normalized spacial score (nSPS) is 11.8. The van der Waals surface area contributed by atoms with Crippen molar-refractivity contribution in [3.05, 3.63) is 124 Å². The summed E-state index contributed by atoms with van der Waals surface area (Å²) < 4.78 is 36.0. The lowest BCUT2D eigenvalue weighted by molar-refractivity contribution is -0.140. The van der Waals surface area contributed by atoms with Crippen molar-refractivity contribution >= 4 is 43.5 Å². The fourth-order valence-electron chi connectivity index (χ4n) is 5.13. The number of carbonyl (C=O) groups is 2. The largest absolute Gasteiger partial charge is 0.494 e. The summed E-state index contributed by atoms with van der Waals surface area (Å²) in [7, 11) is -4.21. The smallest absolute Gasteiger partial charge is 0.264 e.